The Kier molecular flexibility index (Phi) is 6.08. The number of anilines is 1. The van der Waals surface area contributed by atoms with E-state index in [1.807, 2.05) is 73.7 Å². The SMILES string of the molecule is C[C@@H](Sc1nnc(-c2cccnc2)n1C1CC1)C(=O)Nc1ccc(Oc2ccccc2)cc1. The highest BCUT2D eigenvalue weighted by molar-refractivity contribution is 8.00. The van der Waals surface area contributed by atoms with Gasteiger partial charge in [-0.2, -0.15) is 0 Å². The van der Waals surface area contributed by atoms with Gasteiger partial charge in [0.2, 0.25) is 5.91 Å². The normalized spacial score (nSPS) is 14.0. The molecule has 0 unspecified atom stereocenters. The van der Waals surface area contributed by atoms with E-state index in [0.717, 1.165) is 35.1 Å². The number of rotatable bonds is 8. The standard InChI is InChI=1S/C25H23N5O2S/c1-17(24(31)27-19-9-13-22(14-10-19)32-21-7-3-2-4-8-21)33-25-29-28-23(30(25)20-11-12-20)18-6-5-15-26-16-18/h2-10,13-17,20H,11-12H2,1H3,(H,27,31)/t17-/m1/s1. The minimum absolute atomic E-state index is 0.0926. The summed E-state index contributed by atoms with van der Waals surface area (Å²) in [5.74, 6) is 2.19. The molecule has 0 bridgehead atoms. The smallest absolute Gasteiger partial charge is 0.237 e. The number of nitrogens with one attached hydrogen (secondary N) is 1. The summed E-state index contributed by atoms with van der Waals surface area (Å²) in [7, 11) is 0. The van der Waals surface area contributed by atoms with Crippen molar-refractivity contribution in [1.29, 1.82) is 0 Å². The molecule has 4 aromatic rings. The number of pyridine rings is 1. The fourth-order valence-electron chi connectivity index (χ4n) is 3.40. The third-order valence-electron chi connectivity index (χ3n) is 5.25. The van der Waals surface area contributed by atoms with Crippen molar-refractivity contribution in [3.8, 4) is 22.9 Å². The molecule has 2 aromatic heterocycles. The van der Waals surface area contributed by atoms with Crippen LogP contribution >= 0.6 is 11.8 Å². The van der Waals surface area contributed by atoms with E-state index >= 15 is 0 Å². The number of carbonyl (C=O) groups is 1. The van der Waals surface area contributed by atoms with Crippen LogP contribution < -0.4 is 10.1 Å². The van der Waals surface area contributed by atoms with E-state index in [2.05, 4.69) is 25.1 Å². The lowest BCUT2D eigenvalue weighted by Crippen LogP contribution is -2.22. The van der Waals surface area contributed by atoms with E-state index in [9.17, 15) is 4.79 Å². The van der Waals surface area contributed by atoms with Crippen LogP contribution in [0.5, 0.6) is 11.5 Å². The van der Waals surface area contributed by atoms with Gasteiger partial charge in [-0.3, -0.25) is 14.3 Å². The van der Waals surface area contributed by atoms with Crippen LogP contribution in [-0.4, -0.2) is 30.9 Å². The number of para-hydroxylation sites is 1. The van der Waals surface area contributed by atoms with Gasteiger partial charge in [-0.15, -0.1) is 10.2 Å². The van der Waals surface area contributed by atoms with Crippen molar-refractivity contribution in [3.05, 3.63) is 79.1 Å². The molecular weight excluding hydrogens is 434 g/mol. The van der Waals surface area contributed by atoms with E-state index in [1.54, 1.807) is 12.4 Å². The van der Waals surface area contributed by atoms with Gasteiger partial charge in [0.1, 0.15) is 11.5 Å². The van der Waals surface area contributed by atoms with Crippen LogP contribution in [0.25, 0.3) is 11.4 Å². The largest absolute Gasteiger partial charge is 0.457 e. The lowest BCUT2D eigenvalue weighted by Gasteiger charge is -2.14. The van der Waals surface area contributed by atoms with Gasteiger partial charge >= 0.3 is 0 Å². The third-order valence-corrected chi connectivity index (χ3v) is 6.31. The number of benzene rings is 2. The average Bonchev–Trinajstić information content (AvgIpc) is 3.61. The average molecular weight is 458 g/mol. The Hall–Kier alpha value is -3.65. The van der Waals surface area contributed by atoms with Gasteiger partial charge in [-0.05, 0) is 68.3 Å². The molecule has 1 saturated carbocycles. The molecule has 2 heterocycles. The van der Waals surface area contributed by atoms with Gasteiger partial charge < -0.3 is 10.1 Å². The van der Waals surface area contributed by atoms with Crippen LogP contribution in [0.15, 0.2) is 84.3 Å². The molecule has 8 heteroatoms. The molecule has 1 aliphatic carbocycles. The highest BCUT2D eigenvalue weighted by Crippen LogP contribution is 2.41. The first-order valence-electron chi connectivity index (χ1n) is 10.8. The van der Waals surface area contributed by atoms with Gasteiger partial charge in [0.25, 0.3) is 0 Å². The summed E-state index contributed by atoms with van der Waals surface area (Å²) in [6.07, 6.45) is 5.72. The molecule has 0 saturated heterocycles. The molecule has 0 spiro atoms. The van der Waals surface area contributed by atoms with Crippen molar-refractivity contribution < 1.29 is 9.53 Å². The quantitative estimate of drug-likeness (QED) is 0.348. The predicted octanol–water partition coefficient (Wildman–Crippen LogP) is 5.59. The molecule has 1 fully saturated rings. The van der Waals surface area contributed by atoms with Crippen LogP contribution in [0.1, 0.15) is 25.8 Å². The molecule has 5 rings (SSSR count). The molecule has 33 heavy (non-hydrogen) atoms. The fourth-order valence-corrected chi connectivity index (χ4v) is 4.32. The predicted molar refractivity (Wildman–Crippen MR) is 128 cm³/mol. The van der Waals surface area contributed by atoms with Crippen LogP contribution in [0.2, 0.25) is 0 Å². The number of hydrogen-bond donors (Lipinski definition) is 1. The fraction of sp³-hybridized carbons (Fsp3) is 0.200. The third kappa shape index (κ3) is 5.06. The lowest BCUT2D eigenvalue weighted by molar-refractivity contribution is -0.115. The monoisotopic (exact) mass is 457 g/mol. The maximum absolute atomic E-state index is 12.8. The minimum atomic E-state index is -0.339. The zero-order valence-corrected chi connectivity index (χ0v) is 18.9. The maximum Gasteiger partial charge on any atom is 0.237 e. The summed E-state index contributed by atoms with van der Waals surface area (Å²) in [6.45, 7) is 1.88. The van der Waals surface area contributed by atoms with E-state index in [4.69, 9.17) is 4.74 Å². The van der Waals surface area contributed by atoms with Crippen LogP contribution in [0, 0.1) is 0 Å². The number of hydrogen-bond acceptors (Lipinski definition) is 6. The van der Waals surface area contributed by atoms with Crippen LogP contribution in [0.4, 0.5) is 5.69 Å². The summed E-state index contributed by atoms with van der Waals surface area (Å²) < 4.78 is 7.95. The highest BCUT2D eigenvalue weighted by atomic mass is 32.2. The number of amides is 1. The van der Waals surface area contributed by atoms with E-state index in [-0.39, 0.29) is 11.2 Å². The topological polar surface area (TPSA) is 81.9 Å². The van der Waals surface area contributed by atoms with Crippen LogP contribution in [0.3, 0.4) is 0 Å². The first kappa shape index (κ1) is 21.2. The van der Waals surface area contributed by atoms with Crippen molar-refractivity contribution in [2.75, 3.05) is 5.32 Å². The Morgan fingerprint density at radius 2 is 1.79 bits per heavy atom. The Morgan fingerprint density at radius 1 is 1.03 bits per heavy atom. The first-order valence-corrected chi connectivity index (χ1v) is 11.7. The van der Waals surface area contributed by atoms with Gasteiger partial charge in [0.15, 0.2) is 11.0 Å². The Morgan fingerprint density at radius 3 is 2.48 bits per heavy atom. The van der Waals surface area contributed by atoms with E-state index in [1.165, 1.54) is 11.8 Å². The second-order valence-corrected chi connectivity index (χ2v) is 9.15. The lowest BCUT2D eigenvalue weighted by atomic mass is 10.3. The number of carbonyl (C=O) groups excluding carboxylic acids is 1. The Bertz CT molecular complexity index is 1220. The molecule has 1 amide bonds. The molecule has 166 valence electrons. The number of aromatic nitrogens is 4. The molecule has 7 nitrogen and oxygen atoms in total. The van der Waals surface area contributed by atoms with E-state index in [0.29, 0.717) is 17.5 Å². The molecule has 1 N–H and O–H groups in total. The van der Waals surface area contributed by atoms with Crippen molar-refractivity contribution in [1.82, 2.24) is 19.7 Å². The molecule has 2 aromatic carbocycles. The Labute approximate surface area is 196 Å². The summed E-state index contributed by atoms with van der Waals surface area (Å²) in [5.41, 5.74) is 1.64. The second kappa shape index (κ2) is 9.46. The minimum Gasteiger partial charge on any atom is -0.457 e. The van der Waals surface area contributed by atoms with Gasteiger partial charge in [-0.1, -0.05) is 30.0 Å². The van der Waals surface area contributed by atoms with Gasteiger partial charge in [0, 0.05) is 29.7 Å². The van der Waals surface area contributed by atoms with Gasteiger partial charge in [-0.25, -0.2) is 0 Å². The van der Waals surface area contributed by atoms with Crippen molar-refractivity contribution in [3.63, 3.8) is 0 Å². The second-order valence-electron chi connectivity index (χ2n) is 7.84. The zero-order valence-electron chi connectivity index (χ0n) is 18.1. The summed E-state index contributed by atoms with van der Waals surface area (Å²) in [5, 5.41) is 12.2. The maximum atomic E-state index is 12.8. The number of nitrogens with zero attached hydrogens (tertiary/aromatic N) is 4. The highest BCUT2D eigenvalue weighted by Gasteiger charge is 2.31. The molecule has 1 aliphatic rings. The number of thioether (sulfide) groups is 1. The molecule has 0 radical (unpaired) electrons. The zero-order chi connectivity index (χ0) is 22.6. The molecule has 0 aliphatic heterocycles. The summed E-state index contributed by atoms with van der Waals surface area (Å²) >= 11 is 1.42. The van der Waals surface area contributed by atoms with Crippen molar-refractivity contribution in [2.45, 2.75) is 36.2 Å². The summed E-state index contributed by atoms with van der Waals surface area (Å²) in [6, 6.07) is 21.2. The van der Waals surface area contributed by atoms with Crippen molar-refractivity contribution >= 4 is 23.4 Å². The molecular formula is C25H23N5O2S. The van der Waals surface area contributed by atoms with E-state index < -0.39 is 0 Å². The number of ether oxygens (including phenoxy) is 1. The Balaban J connectivity index is 1.24. The first-order chi connectivity index (χ1) is 16.2. The summed E-state index contributed by atoms with van der Waals surface area (Å²) in [4.78, 5) is 17.0. The van der Waals surface area contributed by atoms with Crippen LogP contribution in [-0.2, 0) is 4.79 Å². The van der Waals surface area contributed by atoms with Crippen molar-refractivity contribution in [2.24, 2.45) is 0 Å². The van der Waals surface area contributed by atoms with Gasteiger partial charge in [0.05, 0.1) is 5.25 Å². The molecule has 1 atom stereocenters.